The number of hydrogen-bond acceptors (Lipinski definition) is 2. The van der Waals surface area contributed by atoms with Gasteiger partial charge in [0, 0.05) is 16.6 Å². The molecule has 1 unspecified atom stereocenters. The molecular weight excluding hydrogens is 284 g/mol. The van der Waals surface area contributed by atoms with Crippen molar-refractivity contribution in [2.24, 2.45) is 5.73 Å². The van der Waals surface area contributed by atoms with Crippen LogP contribution in [0.5, 0.6) is 5.75 Å². The van der Waals surface area contributed by atoms with Crippen LogP contribution in [-0.2, 0) is 6.42 Å². The first-order valence-electron chi connectivity index (χ1n) is 6.04. The number of ether oxygens (including phenoxy) is 1. The molecule has 0 aliphatic rings. The van der Waals surface area contributed by atoms with E-state index in [1.165, 1.54) is 7.11 Å². The van der Waals surface area contributed by atoms with Crippen molar-refractivity contribution < 1.29 is 13.5 Å². The van der Waals surface area contributed by atoms with Gasteiger partial charge < -0.3 is 10.5 Å². The van der Waals surface area contributed by atoms with Crippen LogP contribution >= 0.6 is 11.6 Å². The Morgan fingerprint density at radius 3 is 2.65 bits per heavy atom. The summed E-state index contributed by atoms with van der Waals surface area (Å²) >= 11 is 5.93. The fourth-order valence-electron chi connectivity index (χ4n) is 2.04. The van der Waals surface area contributed by atoms with E-state index in [1.807, 2.05) is 0 Å². The molecule has 20 heavy (non-hydrogen) atoms. The zero-order chi connectivity index (χ0) is 14.7. The number of halogens is 3. The van der Waals surface area contributed by atoms with E-state index < -0.39 is 17.7 Å². The normalized spacial score (nSPS) is 12.2. The van der Waals surface area contributed by atoms with E-state index in [9.17, 15) is 8.78 Å². The van der Waals surface area contributed by atoms with Crippen LogP contribution in [0.3, 0.4) is 0 Å². The van der Waals surface area contributed by atoms with Crippen LogP contribution in [-0.4, -0.2) is 7.11 Å². The number of nitrogens with two attached hydrogens (primary N) is 1. The highest BCUT2D eigenvalue weighted by Gasteiger charge is 2.15. The zero-order valence-corrected chi connectivity index (χ0v) is 11.6. The SMILES string of the molecule is COc1ccc(Cl)cc1C(N)Cc1cc(F)ccc1F. The molecule has 0 aromatic heterocycles. The van der Waals surface area contributed by atoms with Gasteiger partial charge in [-0.3, -0.25) is 0 Å². The Balaban J connectivity index is 2.30. The molecule has 0 aliphatic heterocycles. The van der Waals surface area contributed by atoms with Crippen molar-refractivity contribution in [3.63, 3.8) is 0 Å². The standard InChI is InChI=1S/C15H14ClF2NO/c1-20-15-5-2-10(16)8-12(15)14(19)7-9-6-11(17)3-4-13(9)18/h2-6,8,14H,7,19H2,1H3. The van der Waals surface area contributed by atoms with Crippen LogP contribution in [0.15, 0.2) is 36.4 Å². The van der Waals surface area contributed by atoms with Crippen LogP contribution < -0.4 is 10.5 Å². The monoisotopic (exact) mass is 297 g/mol. The lowest BCUT2D eigenvalue weighted by molar-refractivity contribution is 0.405. The summed E-state index contributed by atoms with van der Waals surface area (Å²) in [4.78, 5) is 0. The van der Waals surface area contributed by atoms with Gasteiger partial charge in [0.25, 0.3) is 0 Å². The molecule has 2 nitrogen and oxygen atoms in total. The summed E-state index contributed by atoms with van der Waals surface area (Å²) in [7, 11) is 1.52. The highest BCUT2D eigenvalue weighted by molar-refractivity contribution is 6.30. The van der Waals surface area contributed by atoms with Crippen molar-refractivity contribution in [3.05, 3.63) is 64.2 Å². The Morgan fingerprint density at radius 1 is 1.20 bits per heavy atom. The van der Waals surface area contributed by atoms with Crippen molar-refractivity contribution in [1.29, 1.82) is 0 Å². The minimum Gasteiger partial charge on any atom is -0.496 e. The lowest BCUT2D eigenvalue weighted by Crippen LogP contribution is -2.15. The first-order chi connectivity index (χ1) is 9.51. The van der Waals surface area contributed by atoms with Crippen LogP contribution in [0.2, 0.25) is 5.02 Å². The Labute approximate surface area is 121 Å². The number of methoxy groups -OCH3 is 1. The molecule has 0 aliphatic carbocycles. The van der Waals surface area contributed by atoms with Gasteiger partial charge in [0.1, 0.15) is 17.4 Å². The fourth-order valence-corrected chi connectivity index (χ4v) is 2.22. The summed E-state index contributed by atoms with van der Waals surface area (Å²) in [5.41, 5.74) is 6.94. The summed E-state index contributed by atoms with van der Waals surface area (Å²) in [5.74, 6) is -0.409. The molecule has 2 aromatic rings. The highest BCUT2D eigenvalue weighted by Crippen LogP contribution is 2.29. The van der Waals surface area contributed by atoms with Gasteiger partial charge in [-0.05, 0) is 48.4 Å². The molecular formula is C15H14ClF2NO. The quantitative estimate of drug-likeness (QED) is 0.930. The average molecular weight is 298 g/mol. The molecule has 0 amide bonds. The second-order valence-electron chi connectivity index (χ2n) is 4.43. The summed E-state index contributed by atoms with van der Waals surface area (Å²) in [5, 5.41) is 0.510. The van der Waals surface area contributed by atoms with Gasteiger partial charge in [-0.15, -0.1) is 0 Å². The van der Waals surface area contributed by atoms with Crippen molar-refractivity contribution in [1.82, 2.24) is 0 Å². The van der Waals surface area contributed by atoms with Crippen LogP contribution in [0.4, 0.5) is 8.78 Å². The highest BCUT2D eigenvalue weighted by atomic mass is 35.5. The van der Waals surface area contributed by atoms with Crippen molar-refractivity contribution >= 4 is 11.6 Å². The predicted octanol–water partition coefficient (Wildman–Crippen LogP) is 3.87. The van der Waals surface area contributed by atoms with Crippen LogP contribution in [0.1, 0.15) is 17.2 Å². The van der Waals surface area contributed by atoms with Crippen molar-refractivity contribution in [2.75, 3.05) is 7.11 Å². The van der Waals surface area contributed by atoms with Gasteiger partial charge in [0.05, 0.1) is 7.11 Å². The van der Waals surface area contributed by atoms with Crippen LogP contribution in [0, 0.1) is 11.6 Å². The first kappa shape index (κ1) is 14.8. The minimum absolute atomic E-state index is 0.153. The van der Waals surface area contributed by atoms with Crippen LogP contribution in [0.25, 0.3) is 0 Å². The molecule has 0 spiro atoms. The predicted molar refractivity (Wildman–Crippen MR) is 75.0 cm³/mol. The smallest absolute Gasteiger partial charge is 0.126 e. The molecule has 1 atom stereocenters. The van der Waals surface area contributed by atoms with Gasteiger partial charge in [-0.25, -0.2) is 8.78 Å². The third-order valence-corrected chi connectivity index (χ3v) is 3.27. The molecule has 5 heteroatoms. The van der Waals surface area contributed by atoms with Gasteiger partial charge >= 0.3 is 0 Å². The van der Waals surface area contributed by atoms with Gasteiger partial charge in [-0.1, -0.05) is 11.6 Å². The average Bonchev–Trinajstić information content (AvgIpc) is 2.42. The largest absolute Gasteiger partial charge is 0.496 e. The van der Waals surface area contributed by atoms with Gasteiger partial charge in [-0.2, -0.15) is 0 Å². The number of hydrogen-bond donors (Lipinski definition) is 1. The minimum atomic E-state index is -0.542. The van der Waals surface area contributed by atoms with E-state index in [-0.39, 0.29) is 12.0 Å². The fraction of sp³-hybridized carbons (Fsp3) is 0.200. The van der Waals surface area contributed by atoms with Gasteiger partial charge in [0.2, 0.25) is 0 Å². The summed E-state index contributed by atoms with van der Waals surface area (Å²) < 4.78 is 32.0. The Kier molecular flexibility index (Phi) is 4.57. The van der Waals surface area contributed by atoms with Crippen molar-refractivity contribution in [3.8, 4) is 5.75 Å². The Hall–Kier alpha value is -1.65. The molecule has 106 valence electrons. The molecule has 0 saturated carbocycles. The lowest BCUT2D eigenvalue weighted by atomic mass is 9.98. The maximum Gasteiger partial charge on any atom is 0.126 e. The maximum atomic E-state index is 13.6. The number of rotatable bonds is 4. The second-order valence-corrected chi connectivity index (χ2v) is 4.87. The van der Waals surface area contributed by atoms with E-state index in [2.05, 4.69) is 0 Å². The summed E-state index contributed by atoms with van der Waals surface area (Å²) in [6.45, 7) is 0. The van der Waals surface area contributed by atoms with E-state index in [1.54, 1.807) is 18.2 Å². The third kappa shape index (κ3) is 3.26. The van der Waals surface area contributed by atoms with Gasteiger partial charge in [0.15, 0.2) is 0 Å². The van der Waals surface area contributed by atoms with E-state index in [0.29, 0.717) is 16.3 Å². The molecule has 0 heterocycles. The lowest BCUT2D eigenvalue weighted by Gasteiger charge is -2.16. The molecule has 2 N–H and O–H groups in total. The molecule has 0 bridgehead atoms. The molecule has 0 fully saturated rings. The summed E-state index contributed by atoms with van der Waals surface area (Å²) in [6.07, 6.45) is 0.153. The second kappa shape index (κ2) is 6.20. The first-order valence-corrected chi connectivity index (χ1v) is 6.42. The van der Waals surface area contributed by atoms with E-state index >= 15 is 0 Å². The molecule has 0 radical (unpaired) electrons. The maximum absolute atomic E-state index is 13.6. The molecule has 2 rings (SSSR count). The topological polar surface area (TPSA) is 35.2 Å². The van der Waals surface area contributed by atoms with E-state index in [4.69, 9.17) is 22.1 Å². The summed E-state index contributed by atoms with van der Waals surface area (Å²) in [6, 6.07) is 7.81. The van der Waals surface area contributed by atoms with Crippen molar-refractivity contribution in [2.45, 2.75) is 12.5 Å². The zero-order valence-electron chi connectivity index (χ0n) is 10.9. The third-order valence-electron chi connectivity index (χ3n) is 3.04. The Bertz CT molecular complexity index is 619. The molecule has 2 aromatic carbocycles. The van der Waals surface area contributed by atoms with E-state index in [0.717, 1.165) is 18.2 Å². The Morgan fingerprint density at radius 2 is 1.95 bits per heavy atom. The number of benzene rings is 2. The molecule has 0 saturated heterocycles.